The first kappa shape index (κ1) is 45.2. The van der Waals surface area contributed by atoms with Gasteiger partial charge in [-0.05, 0) is 79.5 Å². The molecule has 3 aliphatic rings. The SMILES string of the molecule is CC[C@H]1OC(=O)[C@H](C)C(=O)[C@H](C)[C@@H](O[C@@H]2O[C@H](C)C[C@H](N(C)C)[C@H]2O)[C@@]2(C)C[C@@H](C)C(NC(C)=O)=C(C)[C@@H](OCC(=NOCc3cn4ccncc4n3)CO2)[C@]1(C)O. The molecule has 1 saturated heterocycles. The molecule has 2 bridgehead atoms. The van der Waals surface area contributed by atoms with Gasteiger partial charge in [-0.1, -0.05) is 25.9 Å². The highest BCUT2D eigenvalue weighted by molar-refractivity contribution is 6.00. The maximum atomic E-state index is 14.5. The van der Waals surface area contributed by atoms with Crippen LogP contribution in [0.5, 0.6) is 0 Å². The van der Waals surface area contributed by atoms with Gasteiger partial charge in [0.2, 0.25) is 5.91 Å². The monoisotopic (exact) mass is 814 g/mol. The summed E-state index contributed by atoms with van der Waals surface area (Å²) >= 11 is 0. The highest BCUT2D eigenvalue weighted by Crippen LogP contribution is 2.40. The number of hydrogen-bond acceptors (Lipinski definition) is 15. The Morgan fingerprint density at radius 1 is 1.17 bits per heavy atom. The number of hydrogen-bond donors (Lipinski definition) is 3. The Balaban J connectivity index is 1.67. The van der Waals surface area contributed by atoms with Crippen molar-refractivity contribution in [3.63, 3.8) is 0 Å². The number of likely N-dealkylation sites (N-methyl/N-ethyl adjacent to an activating group) is 1. The number of fused-ring (bicyclic) bond motifs is 5. The number of carbonyl (C=O) groups is 3. The standard InChI is InChI=1S/C41H62N6O11/c1-12-31-41(9,52)37-24(4)33(43-27(7)48)22(2)16-40(8,54-20-29(19-53-37)45-55-21-28-18-47-14-13-42-17-32(47)44-28)36(25(5)34(49)26(6)38(51)57-31)58-39-35(50)30(46(10)11)15-23(3)56-39/h13-14,17-18,22-23,25-26,30-31,35-37,39,50,52H,12,15-16,19-21H2,1-11H3,(H,43,48)/t22-,23-,25+,26-,30+,31-,35-,36-,37-,39+,40-,41-/m1/s1. The normalized spacial score (nSPS) is 36.6. The number of aliphatic hydroxyl groups excluding tert-OH is 1. The summed E-state index contributed by atoms with van der Waals surface area (Å²) in [5.41, 5.74) is -0.837. The molecule has 17 heteroatoms. The lowest BCUT2D eigenvalue weighted by Crippen LogP contribution is -2.59. The summed E-state index contributed by atoms with van der Waals surface area (Å²) in [6.07, 6.45) is 1.67. The summed E-state index contributed by atoms with van der Waals surface area (Å²) in [6.45, 7) is 14.7. The zero-order valence-corrected chi connectivity index (χ0v) is 35.6. The van der Waals surface area contributed by atoms with Crippen LogP contribution in [0.2, 0.25) is 0 Å². The minimum atomic E-state index is -1.87. The number of oxime groups is 1. The second-order valence-corrected chi connectivity index (χ2v) is 16.8. The number of Topliss-reactive ketones (excluding diaryl/α,β-unsaturated/α-hetero) is 1. The van der Waals surface area contributed by atoms with Crippen LogP contribution in [0.4, 0.5) is 0 Å². The lowest BCUT2D eigenvalue weighted by molar-refractivity contribution is -0.296. The predicted octanol–water partition coefficient (Wildman–Crippen LogP) is 2.95. The second kappa shape index (κ2) is 18.6. The number of cyclic esters (lactones) is 1. The third-order valence-electron chi connectivity index (χ3n) is 11.7. The van der Waals surface area contributed by atoms with E-state index in [4.69, 9.17) is 28.5 Å². The number of rotatable bonds is 8. The van der Waals surface area contributed by atoms with Crippen LogP contribution < -0.4 is 5.32 Å². The Labute approximate surface area is 340 Å². The van der Waals surface area contributed by atoms with E-state index < -0.39 is 71.4 Å². The van der Waals surface area contributed by atoms with E-state index in [2.05, 4.69) is 20.4 Å². The van der Waals surface area contributed by atoms with Gasteiger partial charge in [-0.15, -0.1) is 0 Å². The first-order valence-electron chi connectivity index (χ1n) is 20.1. The van der Waals surface area contributed by atoms with E-state index in [1.807, 2.05) is 32.8 Å². The number of aliphatic hydroxyl groups is 2. The van der Waals surface area contributed by atoms with Gasteiger partial charge < -0.3 is 53.4 Å². The first-order chi connectivity index (χ1) is 27.3. The van der Waals surface area contributed by atoms with Gasteiger partial charge in [0.25, 0.3) is 0 Å². The van der Waals surface area contributed by atoms with Crippen LogP contribution >= 0.6 is 0 Å². The lowest BCUT2D eigenvalue weighted by Gasteiger charge is -2.47. The van der Waals surface area contributed by atoms with Crippen molar-refractivity contribution in [3.05, 3.63) is 41.8 Å². The molecule has 2 aromatic heterocycles. The minimum Gasteiger partial charge on any atom is -0.459 e. The number of allylic oxidation sites excluding steroid dienone is 1. The van der Waals surface area contributed by atoms with Gasteiger partial charge >= 0.3 is 5.97 Å². The molecule has 12 atom stereocenters. The van der Waals surface area contributed by atoms with Gasteiger partial charge in [-0.3, -0.25) is 19.4 Å². The van der Waals surface area contributed by atoms with Gasteiger partial charge in [-0.2, -0.15) is 0 Å². The highest BCUT2D eigenvalue weighted by atomic mass is 16.7. The molecule has 0 saturated carbocycles. The highest BCUT2D eigenvalue weighted by Gasteiger charge is 2.52. The van der Waals surface area contributed by atoms with Crippen molar-refractivity contribution < 1.29 is 53.1 Å². The van der Waals surface area contributed by atoms with Crippen molar-refractivity contribution in [2.24, 2.45) is 22.9 Å². The Hall–Kier alpha value is -3.84. The molecule has 0 spiro atoms. The first-order valence-corrected chi connectivity index (χ1v) is 20.1. The molecule has 3 aliphatic heterocycles. The molecule has 5 rings (SSSR count). The van der Waals surface area contributed by atoms with Crippen molar-refractivity contribution in [1.82, 2.24) is 24.6 Å². The number of nitrogens with one attached hydrogen (secondary N) is 1. The van der Waals surface area contributed by atoms with Gasteiger partial charge in [-0.25, -0.2) is 4.98 Å². The van der Waals surface area contributed by atoms with E-state index >= 15 is 0 Å². The summed E-state index contributed by atoms with van der Waals surface area (Å²) in [6, 6.07) is -0.322. The summed E-state index contributed by atoms with van der Waals surface area (Å²) < 4.78 is 34.2. The molecule has 1 fully saturated rings. The lowest BCUT2D eigenvalue weighted by atomic mass is 9.76. The number of esters is 1. The number of amides is 1. The Kier molecular flexibility index (Phi) is 14.5. The molecule has 17 nitrogen and oxygen atoms in total. The van der Waals surface area contributed by atoms with Crippen LogP contribution in [-0.4, -0.2) is 134 Å². The Bertz CT molecular complexity index is 1810. The fraction of sp³-hybridized carbons (Fsp3) is 0.707. The maximum Gasteiger partial charge on any atom is 0.316 e. The third-order valence-corrected chi connectivity index (χ3v) is 11.7. The minimum absolute atomic E-state index is 0.00259. The second-order valence-electron chi connectivity index (χ2n) is 16.8. The van der Waals surface area contributed by atoms with Crippen LogP contribution in [0.25, 0.3) is 5.65 Å². The van der Waals surface area contributed by atoms with Crippen molar-refractivity contribution >= 4 is 29.0 Å². The summed E-state index contributed by atoms with van der Waals surface area (Å²) in [5, 5.41) is 31.5. The zero-order chi connectivity index (χ0) is 42.7. The molecule has 1 amide bonds. The molecule has 3 N–H and O–H groups in total. The van der Waals surface area contributed by atoms with Gasteiger partial charge in [0, 0.05) is 43.2 Å². The van der Waals surface area contributed by atoms with Crippen LogP contribution in [0.1, 0.15) is 87.3 Å². The molecule has 0 aromatic carbocycles. The fourth-order valence-electron chi connectivity index (χ4n) is 8.59. The number of ether oxygens (including phenoxy) is 5. The number of imidazole rings is 1. The zero-order valence-electron chi connectivity index (χ0n) is 35.6. The number of ketones is 1. The molecule has 5 heterocycles. The van der Waals surface area contributed by atoms with Crippen LogP contribution in [0.15, 0.2) is 41.2 Å². The van der Waals surface area contributed by atoms with E-state index in [9.17, 15) is 24.6 Å². The largest absolute Gasteiger partial charge is 0.459 e. The molecule has 0 aliphatic carbocycles. The molecule has 2 aromatic rings. The molecule has 322 valence electrons. The average molecular weight is 815 g/mol. The van der Waals surface area contributed by atoms with E-state index in [-0.39, 0.29) is 56.4 Å². The quantitative estimate of drug-likeness (QED) is 0.199. The average Bonchev–Trinajstić information content (AvgIpc) is 3.58. The van der Waals surface area contributed by atoms with E-state index in [1.54, 1.807) is 56.9 Å². The molecule has 0 unspecified atom stereocenters. The summed E-state index contributed by atoms with van der Waals surface area (Å²) in [5.74, 6) is -4.48. The van der Waals surface area contributed by atoms with E-state index in [0.717, 1.165) is 0 Å². The topological polar surface area (TPSA) is 205 Å². The molecular weight excluding hydrogens is 752 g/mol. The predicted molar refractivity (Wildman–Crippen MR) is 211 cm³/mol. The third kappa shape index (κ3) is 9.95. The molecule has 58 heavy (non-hydrogen) atoms. The van der Waals surface area contributed by atoms with Crippen molar-refractivity contribution in [1.29, 1.82) is 0 Å². The number of carbonyl (C=O) groups excluding carboxylic acids is 3. The van der Waals surface area contributed by atoms with Crippen molar-refractivity contribution in [3.8, 4) is 0 Å². The van der Waals surface area contributed by atoms with Crippen LogP contribution in [0.3, 0.4) is 0 Å². The van der Waals surface area contributed by atoms with E-state index in [1.165, 1.54) is 20.8 Å². The van der Waals surface area contributed by atoms with Gasteiger partial charge in [0.15, 0.2) is 24.3 Å². The van der Waals surface area contributed by atoms with E-state index in [0.29, 0.717) is 29.0 Å². The summed E-state index contributed by atoms with van der Waals surface area (Å²) in [7, 11) is 3.73. The molecular formula is C41H62N6O11. The molecule has 0 radical (unpaired) electrons. The number of nitrogens with zero attached hydrogens (tertiary/aromatic N) is 5. The van der Waals surface area contributed by atoms with Crippen LogP contribution in [-0.2, 0) is 49.5 Å². The maximum absolute atomic E-state index is 14.5. The van der Waals surface area contributed by atoms with Crippen molar-refractivity contribution in [2.75, 3.05) is 27.3 Å². The number of aromatic nitrogens is 3. The fourth-order valence-corrected chi connectivity index (χ4v) is 8.59. The summed E-state index contributed by atoms with van der Waals surface area (Å²) in [4.78, 5) is 57.6. The Morgan fingerprint density at radius 2 is 1.90 bits per heavy atom. The smallest absolute Gasteiger partial charge is 0.316 e. The van der Waals surface area contributed by atoms with Crippen molar-refractivity contribution in [2.45, 2.75) is 142 Å². The Morgan fingerprint density at radius 3 is 2.55 bits per heavy atom. The van der Waals surface area contributed by atoms with Crippen LogP contribution in [0, 0.1) is 17.8 Å². The van der Waals surface area contributed by atoms with Gasteiger partial charge in [0.05, 0.1) is 42.9 Å². The van der Waals surface area contributed by atoms with Gasteiger partial charge in [0.1, 0.15) is 35.5 Å².